The Morgan fingerprint density at radius 1 is 1.75 bits per heavy atom. The van der Waals surface area contributed by atoms with Gasteiger partial charge in [0, 0.05) is 4.47 Å². The Kier molecular flexibility index (Phi) is 2.75. The number of rotatable bonds is 0. The zero-order chi connectivity index (χ0) is 11.9. The third-order valence-corrected chi connectivity index (χ3v) is 3.27. The molecule has 0 unspecified atom stereocenters. The second-order valence-electron chi connectivity index (χ2n) is 3.69. The van der Waals surface area contributed by atoms with Crippen LogP contribution >= 0.6 is 15.9 Å². The molecule has 1 aliphatic heterocycles. The molecule has 2 rings (SSSR count). The molecule has 1 aliphatic rings. The third kappa shape index (κ3) is 1.73. The number of hydrogen-bond acceptors (Lipinski definition) is 3. The molecule has 6 heteroatoms. The fraction of sp³-hybridized carbons (Fsp3) is 0.400. The van der Waals surface area contributed by atoms with Gasteiger partial charge in [-0.1, -0.05) is 0 Å². The largest absolute Gasteiger partial charge is 0.474 e. The predicted octanol–water partition coefficient (Wildman–Crippen LogP) is 2.42. The van der Waals surface area contributed by atoms with E-state index in [2.05, 4.69) is 20.9 Å². The van der Waals surface area contributed by atoms with Gasteiger partial charge >= 0.3 is 6.09 Å². The molecule has 0 aromatic carbocycles. The smallest absolute Gasteiger partial charge is 0.412 e. The normalized spacial score (nSPS) is 18.9. The van der Waals surface area contributed by atoms with Crippen molar-refractivity contribution in [1.29, 1.82) is 0 Å². The molecule has 16 heavy (non-hydrogen) atoms. The number of carbonyl (C=O) groups is 1. The zero-order valence-corrected chi connectivity index (χ0v) is 10.5. The minimum absolute atomic E-state index is 0.207. The average molecular weight is 287 g/mol. The maximum absolute atomic E-state index is 11.2. The minimum atomic E-state index is -0.991. The molecule has 0 saturated carbocycles. The number of hydrogen-bond donors (Lipinski definition) is 1. The molecule has 2 heterocycles. The lowest BCUT2D eigenvalue weighted by Gasteiger charge is -2.32. The van der Waals surface area contributed by atoms with Gasteiger partial charge in [-0.25, -0.2) is 9.78 Å². The maximum Gasteiger partial charge on any atom is 0.412 e. The quantitative estimate of drug-likeness (QED) is 0.796. The summed E-state index contributed by atoms with van der Waals surface area (Å²) >= 11 is 3.33. The number of carboxylic acid groups (broad SMARTS) is 1. The van der Waals surface area contributed by atoms with Gasteiger partial charge in [-0.05, 0) is 35.8 Å². The van der Waals surface area contributed by atoms with Gasteiger partial charge in [0.15, 0.2) is 0 Å². The highest BCUT2D eigenvalue weighted by Crippen LogP contribution is 2.35. The average Bonchev–Trinajstić information content (AvgIpc) is 2.20. The summed E-state index contributed by atoms with van der Waals surface area (Å²) in [5, 5.41) is 9.14. The van der Waals surface area contributed by atoms with Crippen molar-refractivity contribution >= 4 is 27.7 Å². The molecule has 0 bridgehead atoms. The van der Waals surface area contributed by atoms with Gasteiger partial charge < -0.3 is 9.84 Å². The Balaban J connectivity index is 2.55. The minimum Gasteiger partial charge on any atom is -0.474 e. The topological polar surface area (TPSA) is 62.7 Å². The van der Waals surface area contributed by atoms with Crippen molar-refractivity contribution in [3.63, 3.8) is 0 Å². The molecule has 86 valence electrons. The van der Waals surface area contributed by atoms with E-state index < -0.39 is 6.09 Å². The number of aryl methyl sites for hydroxylation is 1. The van der Waals surface area contributed by atoms with E-state index in [9.17, 15) is 4.79 Å². The molecule has 0 fully saturated rings. The van der Waals surface area contributed by atoms with Crippen LogP contribution in [0.4, 0.5) is 10.5 Å². The van der Waals surface area contributed by atoms with Crippen LogP contribution in [0.25, 0.3) is 0 Å². The molecule has 1 amide bonds. The van der Waals surface area contributed by atoms with Crippen molar-refractivity contribution in [2.24, 2.45) is 0 Å². The van der Waals surface area contributed by atoms with Crippen LogP contribution in [0, 0.1) is 6.92 Å². The van der Waals surface area contributed by atoms with Crippen LogP contribution in [-0.2, 0) is 0 Å². The van der Waals surface area contributed by atoms with Crippen molar-refractivity contribution < 1.29 is 14.6 Å². The highest BCUT2D eigenvalue weighted by atomic mass is 79.9. The second kappa shape index (κ2) is 3.93. The summed E-state index contributed by atoms with van der Waals surface area (Å²) < 4.78 is 6.19. The number of halogens is 1. The van der Waals surface area contributed by atoms with Crippen LogP contribution in [0.1, 0.15) is 12.6 Å². The second-order valence-corrected chi connectivity index (χ2v) is 4.55. The molecule has 0 radical (unpaired) electrons. The Bertz CT molecular complexity index is 450. The standard InChI is InChI=1S/C10H11BrN2O3/c1-5-4-16-9-8(13(5)10(14)15)3-7(11)6(2)12-9/h3,5H,4H2,1-2H3,(H,14,15)/t5-/m0/s1. The van der Waals surface area contributed by atoms with Gasteiger partial charge in [-0.3, -0.25) is 4.90 Å². The molecule has 0 saturated heterocycles. The van der Waals surface area contributed by atoms with Crippen LogP contribution < -0.4 is 9.64 Å². The lowest BCUT2D eigenvalue weighted by molar-refractivity contribution is 0.188. The molecule has 1 N–H and O–H groups in total. The number of fused-ring (bicyclic) bond motifs is 1. The Hall–Kier alpha value is -1.30. The van der Waals surface area contributed by atoms with E-state index in [4.69, 9.17) is 9.84 Å². The first-order valence-electron chi connectivity index (χ1n) is 4.83. The van der Waals surface area contributed by atoms with Gasteiger partial charge in [0.2, 0.25) is 5.88 Å². The molecule has 0 spiro atoms. The summed E-state index contributed by atoms with van der Waals surface area (Å²) in [6, 6.07) is 1.52. The molecule has 1 atom stereocenters. The first kappa shape index (κ1) is 11.2. The van der Waals surface area contributed by atoms with E-state index in [1.54, 1.807) is 13.0 Å². The SMILES string of the molecule is Cc1nc2c(cc1Br)N(C(=O)O)[C@@H](C)CO2. The number of ether oxygens (including phenoxy) is 1. The molecule has 1 aromatic rings. The number of aromatic nitrogens is 1. The Morgan fingerprint density at radius 3 is 3.06 bits per heavy atom. The molecule has 1 aromatic heterocycles. The summed E-state index contributed by atoms with van der Waals surface area (Å²) in [6.45, 7) is 3.95. The van der Waals surface area contributed by atoms with Crippen LogP contribution in [-0.4, -0.2) is 28.8 Å². The number of amides is 1. The summed E-state index contributed by atoms with van der Waals surface area (Å²) in [4.78, 5) is 16.6. The van der Waals surface area contributed by atoms with Crippen LogP contribution in [0.2, 0.25) is 0 Å². The summed E-state index contributed by atoms with van der Waals surface area (Å²) in [6.07, 6.45) is -0.991. The fourth-order valence-electron chi connectivity index (χ4n) is 1.63. The van der Waals surface area contributed by atoms with E-state index in [0.29, 0.717) is 18.2 Å². The van der Waals surface area contributed by atoms with Crippen LogP contribution in [0.5, 0.6) is 5.88 Å². The van der Waals surface area contributed by atoms with Gasteiger partial charge in [0.25, 0.3) is 0 Å². The van der Waals surface area contributed by atoms with Crippen molar-refractivity contribution in [3.8, 4) is 5.88 Å². The third-order valence-electron chi connectivity index (χ3n) is 2.47. The van der Waals surface area contributed by atoms with E-state index >= 15 is 0 Å². The van der Waals surface area contributed by atoms with Crippen molar-refractivity contribution in [2.45, 2.75) is 19.9 Å². The summed E-state index contributed by atoms with van der Waals surface area (Å²) in [7, 11) is 0. The van der Waals surface area contributed by atoms with E-state index in [1.807, 2.05) is 6.92 Å². The van der Waals surface area contributed by atoms with E-state index in [1.165, 1.54) is 4.90 Å². The van der Waals surface area contributed by atoms with Gasteiger partial charge in [-0.15, -0.1) is 0 Å². The van der Waals surface area contributed by atoms with Gasteiger partial charge in [-0.2, -0.15) is 0 Å². The summed E-state index contributed by atoms with van der Waals surface area (Å²) in [5.74, 6) is 0.376. The zero-order valence-electron chi connectivity index (χ0n) is 8.90. The molecular weight excluding hydrogens is 276 g/mol. The van der Waals surface area contributed by atoms with Crippen LogP contribution in [0.3, 0.4) is 0 Å². The summed E-state index contributed by atoms with van der Waals surface area (Å²) in [5.41, 5.74) is 1.27. The molecular formula is C10H11BrN2O3. The van der Waals surface area contributed by atoms with Crippen molar-refractivity contribution in [2.75, 3.05) is 11.5 Å². The monoisotopic (exact) mass is 286 g/mol. The lowest BCUT2D eigenvalue weighted by Crippen LogP contribution is -2.44. The predicted molar refractivity (Wildman–Crippen MR) is 62.1 cm³/mol. The van der Waals surface area contributed by atoms with Gasteiger partial charge in [0.1, 0.15) is 12.3 Å². The Morgan fingerprint density at radius 2 is 2.44 bits per heavy atom. The Labute approximate surface area is 101 Å². The highest BCUT2D eigenvalue weighted by Gasteiger charge is 2.30. The van der Waals surface area contributed by atoms with E-state index in [-0.39, 0.29) is 6.04 Å². The lowest BCUT2D eigenvalue weighted by atomic mass is 10.2. The number of nitrogens with zero attached hydrogens (tertiary/aromatic N) is 2. The maximum atomic E-state index is 11.2. The van der Waals surface area contributed by atoms with Gasteiger partial charge in [0.05, 0.1) is 11.7 Å². The number of anilines is 1. The fourth-order valence-corrected chi connectivity index (χ4v) is 1.94. The van der Waals surface area contributed by atoms with Crippen molar-refractivity contribution in [3.05, 3.63) is 16.2 Å². The first-order valence-corrected chi connectivity index (χ1v) is 5.62. The number of pyridine rings is 1. The molecule has 0 aliphatic carbocycles. The first-order chi connectivity index (χ1) is 7.50. The van der Waals surface area contributed by atoms with E-state index in [0.717, 1.165) is 10.2 Å². The van der Waals surface area contributed by atoms with Crippen LogP contribution in [0.15, 0.2) is 10.5 Å². The highest BCUT2D eigenvalue weighted by molar-refractivity contribution is 9.10. The molecule has 5 nitrogen and oxygen atoms in total. The van der Waals surface area contributed by atoms with Crippen molar-refractivity contribution in [1.82, 2.24) is 4.98 Å².